The van der Waals surface area contributed by atoms with Gasteiger partial charge in [0, 0.05) is 17.8 Å². The third-order valence-corrected chi connectivity index (χ3v) is 2.96. The predicted molar refractivity (Wildman–Crippen MR) is 65.7 cm³/mol. The van der Waals surface area contributed by atoms with E-state index in [1.54, 1.807) is 27.0 Å². The number of carboxylic acids is 1. The minimum Gasteiger partial charge on any atom is -0.479 e. The van der Waals surface area contributed by atoms with Crippen LogP contribution in [0.15, 0.2) is 12.5 Å². The summed E-state index contributed by atoms with van der Waals surface area (Å²) in [7, 11) is 0. The van der Waals surface area contributed by atoms with Crippen LogP contribution in [-0.4, -0.2) is 38.3 Å². The molecule has 0 unspecified atom stereocenters. The van der Waals surface area contributed by atoms with Gasteiger partial charge in [0.25, 0.3) is 0 Å². The summed E-state index contributed by atoms with van der Waals surface area (Å²) in [6.45, 7) is 5.16. The highest BCUT2D eigenvalue weighted by Crippen LogP contribution is 2.51. The normalized spacial score (nSPS) is 25.7. The fraction of sp³-hybridized carbons (Fsp3) is 0.583. The van der Waals surface area contributed by atoms with Crippen molar-refractivity contribution in [3.63, 3.8) is 0 Å². The zero-order valence-electron chi connectivity index (χ0n) is 11.1. The molecule has 1 heterocycles. The highest BCUT2D eigenvalue weighted by molar-refractivity contribution is 5.89. The zero-order valence-corrected chi connectivity index (χ0v) is 11.1. The van der Waals surface area contributed by atoms with Gasteiger partial charge >= 0.3 is 12.1 Å². The van der Waals surface area contributed by atoms with E-state index in [4.69, 9.17) is 4.74 Å². The Morgan fingerprint density at radius 1 is 1.58 bits per heavy atom. The van der Waals surface area contributed by atoms with Crippen molar-refractivity contribution in [2.24, 2.45) is 0 Å². The second-order valence-corrected chi connectivity index (χ2v) is 5.67. The van der Waals surface area contributed by atoms with Gasteiger partial charge in [0.05, 0.1) is 6.33 Å². The smallest absolute Gasteiger partial charge is 0.408 e. The van der Waals surface area contributed by atoms with Crippen LogP contribution < -0.4 is 5.32 Å². The lowest BCUT2D eigenvalue weighted by Gasteiger charge is -2.22. The molecule has 0 radical (unpaired) electrons. The van der Waals surface area contributed by atoms with Gasteiger partial charge in [-0.05, 0) is 27.2 Å². The average Bonchev–Trinajstić information content (AvgIpc) is 2.72. The van der Waals surface area contributed by atoms with Crippen LogP contribution >= 0.6 is 0 Å². The minimum absolute atomic E-state index is 0.306. The van der Waals surface area contributed by atoms with Crippen molar-refractivity contribution in [2.45, 2.75) is 44.2 Å². The van der Waals surface area contributed by atoms with E-state index in [1.165, 1.54) is 6.33 Å². The Hall–Kier alpha value is -2.05. The number of H-pyrrole nitrogens is 1. The zero-order chi connectivity index (χ0) is 14.3. The summed E-state index contributed by atoms with van der Waals surface area (Å²) in [5, 5.41) is 11.8. The number of hydrogen-bond donors (Lipinski definition) is 3. The first-order chi connectivity index (χ1) is 8.74. The molecule has 1 aliphatic rings. The molecule has 7 nitrogen and oxygen atoms in total. The van der Waals surface area contributed by atoms with Crippen LogP contribution in [0.1, 0.15) is 38.8 Å². The van der Waals surface area contributed by atoms with Crippen LogP contribution in [0, 0.1) is 0 Å². The Bertz CT molecular complexity index is 492. The maximum atomic E-state index is 11.7. The summed E-state index contributed by atoms with van der Waals surface area (Å²) in [5.74, 6) is -1.38. The lowest BCUT2D eigenvalue weighted by molar-refractivity contribution is -0.140. The second kappa shape index (κ2) is 4.25. The number of amides is 1. The minimum atomic E-state index is -1.30. The number of aliphatic carboxylic acids is 1. The Labute approximate surface area is 110 Å². The molecule has 0 spiro atoms. The molecule has 0 bridgehead atoms. The molecule has 2 atom stereocenters. The number of alkyl carbamates (subject to hydrolysis) is 1. The SMILES string of the molecule is CC(C)(C)OC(=O)N[C@@]1(C(=O)O)C[C@H]1c1cnc[nH]1. The Kier molecular flexibility index (Phi) is 3.00. The van der Waals surface area contributed by atoms with Crippen molar-refractivity contribution >= 4 is 12.1 Å². The van der Waals surface area contributed by atoms with E-state index in [1.807, 2.05) is 0 Å². The van der Waals surface area contributed by atoms with Crippen LogP contribution in [0.5, 0.6) is 0 Å². The molecule has 0 saturated heterocycles. The number of ether oxygens (including phenoxy) is 1. The van der Waals surface area contributed by atoms with Gasteiger partial charge in [-0.25, -0.2) is 14.6 Å². The molecule has 0 aliphatic heterocycles. The first-order valence-corrected chi connectivity index (χ1v) is 5.97. The van der Waals surface area contributed by atoms with E-state index in [0.29, 0.717) is 12.1 Å². The van der Waals surface area contributed by atoms with Crippen molar-refractivity contribution in [3.05, 3.63) is 18.2 Å². The topological polar surface area (TPSA) is 104 Å². The summed E-state index contributed by atoms with van der Waals surface area (Å²) < 4.78 is 5.09. The van der Waals surface area contributed by atoms with Gasteiger partial charge in [-0.1, -0.05) is 0 Å². The van der Waals surface area contributed by atoms with Crippen molar-refractivity contribution < 1.29 is 19.4 Å². The number of nitrogens with zero attached hydrogens (tertiary/aromatic N) is 1. The van der Waals surface area contributed by atoms with Gasteiger partial charge in [0.2, 0.25) is 0 Å². The van der Waals surface area contributed by atoms with E-state index >= 15 is 0 Å². The van der Waals surface area contributed by atoms with Crippen molar-refractivity contribution in [3.8, 4) is 0 Å². The van der Waals surface area contributed by atoms with Gasteiger partial charge in [-0.3, -0.25) is 0 Å². The van der Waals surface area contributed by atoms with Crippen LogP contribution in [0.25, 0.3) is 0 Å². The van der Waals surface area contributed by atoms with Crippen molar-refractivity contribution in [2.75, 3.05) is 0 Å². The highest BCUT2D eigenvalue weighted by Gasteiger charge is 2.63. The molecule has 3 N–H and O–H groups in total. The molecular formula is C12H17N3O4. The summed E-state index contributed by atoms with van der Waals surface area (Å²) in [4.78, 5) is 29.8. The molecule has 1 saturated carbocycles. The number of carbonyl (C=O) groups excluding carboxylic acids is 1. The average molecular weight is 267 g/mol. The molecule has 1 amide bonds. The molecule has 19 heavy (non-hydrogen) atoms. The Balaban J connectivity index is 2.08. The largest absolute Gasteiger partial charge is 0.479 e. The van der Waals surface area contributed by atoms with Gasteiger partial charge in [0.15, 0.2) is 0 Å². The summed E-state index contributed by atoms with van der Waals surface area (Å²) in [5.41, 5.74) is -1.27. The first kappa shape index (κ1) is 13.4. The van der Waals surface area contributed by atoms with Gasteiger partial charge in [0.1, 0.15) is 11.1 Å². The number of carbonyl (C=O) groups is 2. The molecule has 1 aromatic heterocycles. The van der Waals surface area contributed by atoms with Gasteiger partial charge < -0.3 is 20.1 Å². The summed E-state index contributed by atoms with van der Waals surface area (Å²) >= 11 is 0. The molecule has 1 fully saturated rings. The summed E-state index contributed by atoms with van der Waals surface area (Å²) in [6.07, 6.45) is 2.64. The lowest BCUT2D eigenvalue weighted by atomic mass is 10.1. The lowest BCUT2D eigenvalue weighted by Crippen LogP contribution is -2.46. The molecule has 1 aliphatic carbocycles. The Morgan fingerprint density at radius 3 is 2.74 bits per heavy atom. The molecule has 7 heteroatoms. The molecule has 1 aromatic rings. The third-order valence-electron chi connectivity index (χ3n) is 2.96. The monoisotopic (exact) mass is 267 g/mol. The number of carboxylic acid groups (broad SMARTS) is 1. The van der Waals surface area contributed by atoms with Gasteiger partial charge in [-0.2, -0.15) is 0 Å². The second-order valence-electron chi connectivity index (χ2n) is 5.67. The van der Waals surface area contributed by atoms with Crippen molar-refractivity contribution in [1.29, 1.82) is 0 Å². The molecule has 0 aromatic carbocycles. The maximum absolute atomic E-state index is 11.7. The van der Waals surface area contributed by atoms with E-state index in [2.05, 4.69) is 15.3 Å². The fourth-order valence-corrected chi connectivity index (χ4v) is 2.01. The van der Waals surface area contributed by atoms with E-state index < -0.39 is 23.2 Å². The number of rotatable bonds is 3. The van der Waals surface area contributed by atoms with E-state index in [-0.39, 0.29) is 5.92 Å². The maximum Gasteiger partial charge on any atom is 0.408 e. The van der Waals surface area contributed by atoms with Crippen LogP contribution in [0.4, 0.5) is 4.79 Å². The highest BCUT2D eigenvalue weighted by atomic mass is 16.6. The quantitative estimate of drug-likeness (QED) is 0.764. The van der Waals surface area contributed by atoms with E-state index in [9.17, 15) is 14.7 Å². The van der Waals surface area contributed by atoms with Crippen LogP contribution in [0.2, 0.25) is 0 Å². The van der Waals surface area contributed by atoms with E-state index in [0.717, 1.165) is 0 Å². The third kappa shape index (κ3) is 2.69. The molecule has 104 valence electrons. The number of hydrogen-bond acceptors (Lipinski definition) is 4. The first-order valence-electron chi connectivity index (χ1n) is 5.97. The van der Waals surface area contributed by atoms with Crippen LogP contribution in [-0.2, 0) is 9.53 Å². The molecular weight excluding hydrogens is 250 g/mol. The van der Waals surface area contributed by atoms with Crippen molar-refractivity contribution in [1.82, 2.24) is 15.3 Å². The summed E-state index contributed by atoms with van der Waals surface area (Å²) in [6, 6.07) is 0. The standard InChI is InChI=1S/C12H17N3O4/c1-11(2,3)19-10(18)15-12(9(16)17)4-7(12)8-5-13-6-14-8/h5-7H,4H2,1-3H3,(H,13,14)(H,15,18)(H,16,17)/t7-,12-/m0/s1. The van der Waals surface area contributed by atoms with Gasteiger partial charge in [-0.15, -0.1) is 0 Å². The Morgan fingerprint density at radius 2 is 2.26 bits per heavy atom. The number of aromatic nitrogens is 2. The van der Waals surface area contributed by atoms with Crippen LogP contribution in [0.3, 0.4) is 0 Å². The number of nitrogens with one attached hydrogen (secondary N) is 2. The number of aromatic amines is 1. The fourth-order valence-electron chi connectivity index (χ4n) is 2.01. The number of imidazole rings is 1. The predicted octanol–water partition coefficient (Wildman–Crippen LogP) is 1.25. The molecule has 2 rings (SSSR count).